The summed E-state index contributed by atoms with van der Waals surface area (Å²) in [4.78, 5) is 2.56. The van der Waals surface area contributed by atoms with Gasteiger partial charge in [0, 0.05) is 6.04 Å². The van der Waals surface area contributed by atoms with E-state index in [4.69, 9.17) is 4.42 Å². The molecule has 1 aromatic rings. The molecule has 0 spiro atoms. The maximum Gasteiger partial charge on any atom is 0.131 e. The maximum absolute atomic E-state index is 5.52. The molecule has 0 radical (unpaired) electrons. The van der Waals surface area contributed by atoms with Crippen LogP contribution < -0.4 is 5.32 Å². The van der Waals surface area contributed by atoms with Crippen molar-refractivity contribution in [3.8, 4) is 0 Å². The predicted molar refractivity (Wildman–Crippen MR) is 73.0 cm³/mol. The Kier molecular flexibility index (Phi) is 5.07. The van der Waals surface area contributed by atoms with Crippen LogP contribution in [-0.2, 0) is 6.54 Å². The minimum atomic E-state index is 0.702. The SMILES string of the molecule is CNCCC1CCCCN1Cc1occc1Br. The highest BCUT2D eigenvalue weighted by atomic mass is 79.9. The van der Waals surface area contributed by atoms with Crippen molar-refractivity contribution in [3.05, 3.63) is 22.6 Å². The van der Waals surface area contributed by atoms with Gasteiger partial charge in [-0.2, -0.15) is 0 Å². The fourth-order valence-electron chi connectivity index (χ4n) is 2.53. The smallest absolute Gasteiger partial charge is 0.131 e. The molecule has 96 valence electrons. The fraction of sp³-hybridized carbons (Fsp3) is 0.692. The molecule has 2 heterocycles. The molecule has 0 aliphatic carbocycles. The molecule has 1 aliphatic heterocycles. The second kappa shape index (κ2) is 6.57. The van der Waals surface area contributed by atoms with E-state index < -0.39 is 0 Å². The van der Waals surface area contributed by atoms with Gasteiger partial charge in [0.1, 0.15) is 5.76 Å². The third-order valence-electron chi connectivity index (χ3n) is 3.51. The number of halogens is 1. The molecule has 0 amide bonds. The third kappa shape index (κ3) is 3.57. The summed E-state index contributed by atoms with van der Waals surface area (Å²) < 4.78 is 6.61. The van der Waals surface area contributed by atoms with Gasteiger partial charge >= 0.3 is 0 Å². The molecule has 1 atom stereocenters. The van der Waals surface area contributed by atoms with Crippen molar-refractivity contribution < 1.29 is 4.42 Å². The third-order valence-corrected chi connectivity index (χ3v) is 4.22. The van der Waals surface area contributed by atoms with Crippen LogP contribution in [0, 0.1) is 0 Å². The molecule has 1 N–H and O–H groups in total. The van der Waals surface area contributed by atoms with E-state index in [9.17, 15) is 0 Å². The minimum Gasteiger partial charge on any atom is -0.467 e. The first-order valence-corrected chi connectivity index (χ1v) is 7.21. The zero-order valence-corrected chi connectivity index (χ0v) is 12.0. The van der Waals surface area contributed by atoms with E-state index >= 15 is 0 Å². The average Bonchev–Trinajstić information content (AvgIpc) is 2.74. The lowest BCUT2D eigenvalue weighted by molar-refractivity contribution is 0.123. The van der Waals surface area contributed by atoms with Crippen LogP contribution in [0.5, 0.6) is 0 Å². The molecule has 17 heavy (non-hydrogen) atoms. The van der Waals surface area contributed by atoms with Crippen molar-refractivity contribution in [2.45, 2.75) is 38.3 Å². The topological polar surface area (TPSA) is 28.4 Å². The van der Waals surface area contributed by atoms with E-state index in [0.717, 1.165) is 23.3 Å². The summed E-state index contributed by atoms with van der Waals surface area (Å²) in [6.45, 7) is 3.23. The van der Waals surface area contributed by atoms with Crippen molar-refractivity contribution >= 4 is 15.9 Å². The number of nitrogens with one attached hydrogen (secondary N) is 1. The van der Waals surface area contributed by atoms with Crippen LogP contribution in [0.2, 0.25) is 0 Å². The van der Waals surface area contributed by atoms with Gasteiger partial charge in [0.2, 0.25) is 0 Å². The van der Waals surface area contributed by atoms with Crippen LogP contribution in [0.4, 0.5) is 0 Å². The van der Waals surface area contributed by atoms with Gasteiger partial charge < -0.3 is 9.73 Å². The lowest BCUT2D eigenvalue weighted by Gasteiger charge is -2.35. The highest BCUT2D eigenvalue weighted by Crippen LogP contribution is 2.25. The van der Waals surface area contributed by atoms with Crippen molar-refractivity contribution in [3.63, 3.8) is 0 Å². The second-order valence-corrected chi connectivity index (χ2v) is 5.56. The van der Waals surface area contributed by atoms with Crippen LogP contribution in [-0.4, -0.2) is 31.1 Å². The highest BCUT2D eigenvalue weighted by Gasteiger charge is 2.23. The Bertz CT molecular complexity index is 340. The van der Waals surface area contributed by atoms with Crippen molar-refractivity contribution in [1.82, 2.24) is 10.2 Å². The molecule has 1 aromatic heterocycles. The molecule has 1 fully saturated rings. The molecule has 1 unspecified atom stereocenters. The predicted octanol–water partition coefficient (Wildman–Crippen LogP) is 3.01. The van der Waals surface area contributed by atoms with Crippen molar-refractivity contribution in [2.75, 3.05) is 20.1 Å². The quantitative estimate of drug-likeness (QED) is 0.906. The largest absolute Gasteiger partial charge is 0.467 e. The number of hydrogen-bond donors (Lipinski definition) is 1. The number of rotatable bonds is 5. The van der Waals surface area contributed by atoms with Crippen LogP contribution in [0.25, 0.3) is 0 Å². The summed E-state index contributed by atoms with van der Waals surface area (Å²) in [5.41, 5.74) is 0. The van der Waals surface area contributed by atoms with Gasteiger partial charge in [-0.15, -0.1) is 0 Å². The Balaban J connectivity index is 1.94. The van der Waals surface area contributed by atoms with Gasteiger partial charge in [-0.05, 0) is 61.4 Å². The minimum absolute atomic E-state index is 0.702. The van der Waals surface area contributed by atoms with Crippen LogP contribution >= 0.6 is 15.9 Å². The molecule has 3 nitrogen and oxygen atoms in total. The zero-order valence-electron chi connectivity index (χ0n) is 10.4. The molecular weight excluding hydrogens is 280 g/mol. The monoisotopic (exact) mass is 300 g/mol. The van der Waals surface area contributed by atoms with E-state index in [1.807, 2.05) is 13.1 Å². The summed E-state index contributed by atoms with van der Waals surface area (Å²) >= 11 is 3.53. The Morgan fingerprint density at radius 3 is 3.12 bits per heavy atom. The molecule has 1 saturated heterocycles. The Hall–Kier alpha value is -0.320. The standard InChI is InChI=1S/C13H21BrN2O/c1-15-7-5-11-4-2-3-8-16(11)10-13-12(14)6-9-17-13/h6,9,11,15H,2-5,7-8,10H2,1H3. The summed E-state index contributed by atoms with van der Waals surface area (Å²) in [6.07, 6.45) is 6.99. The summed E-state index contributed by atoms with van der Waals surface area (Å²) in [5.74, 6) is 1.06. The first kappa shape index (κ1) is 13.1. The van der Waals surface area contributed by atoms with E-state index in [0.29, 0.717) is 6.04 Å². The normalized spacial score (nSPS) is 21.9. The lowest BCUT2D eigenvalue weighted by atomic mass is 9.99. The first-order chi connectivity index (χ1) is 8.31. The van der Waals surface area contributed by atoms with Gasteiger partial charge in [0.05, 0.1) is 17.3 Å². The average molecular weight is 301 g/mol. The zero-order chi connectivity index (χ0) is 12.1. The molecule has 0 bridgehead atoms. The van der Waals surface area contributed by atoms with Gasteiger partial charge in [-0.25, -0.2) is 0 Å². The highest BCUT2D eigenvalue weighted by molar-refractivity contribution is 9.10. The molecule has 1 aliphatic rings. The van der Waals surface area contributed by atoms with Gasteiger partial charge in [-0.3, -0.25) is 4.90 Å². The van der Waals surface area contributed by atoms with E-state index in [2.05, 4.69) is 26.1 Å². The number of furan rings is 1. The summed E-state index contributed by atoms with van der Waals surface area (Å²) in [5, 5.41) is 3.25. The Labute approximate surface area is 112 Å². The Morgan fingerprint density at radius 1 is 1.53 bits per heavy atom. The second-order valence-electron chi connectivity index (χ2n) is 4.70. The summed E-state index contributed by atoms with van der Waals surface area (Å²) in [6, 6.07) is 2.68. The van der Waals surface area contributed by atoms with E-state index in [1.54, 1.807) is 6.26 Å². The van der Waals surface area contributed by atoms with Crippen LogP contribution in [0.15, 0.2) is 21.2 Å². The first-order valence-electron chi connectivity index (χ1n) is 6.42. The Morgan fingerprint density at radius 2 is 2.41 bits per heavy atom. The number of piperidine rings is 1. The molecule has 4 heteroatoms. The number of likely N-dealkylation sites (tertiary alicyclic amines) is 1. The fourth-order valence-corrected chi connectivity index (χ4v) is 2.86. The molecule has 2 rings (SSSR count). The lowest BCUT2D eigenvalue weighted by Crippen LogP contribution is -2.40. The molecule has 0 aromatic carbocycles. The van der Waals surface area contributed by atoms with Gasteiger partial charge in [0.25, 0.3) is 0 Å². The maximum atomic E-state index is 5.52. The van der Waals surface area contributed by atoms with Crippen molar-refractivity contribution in [1.29, 1.82) is 0 Å². The van der Waals surface area contributed by atoms with E-state index in [1.165, 1.54) is 32.2 Å². The van der Waals surface area contributed by atoms with Gasteiger partial charge in [-0.1, -0.05) is 6.42 Å². The van der Waals surface area contributed by atoms with Crippen LogP contribution in [0.3, 0.4) is 0 Å². The number of hydrogen-bond acceptors (Lipinski definition) is 3. The molecule has 0 saturated carbocycles. The van der Waals surface area contributed by atoms with Crippen LogP contribution in [0.1, 0.15) is 31.4 Å². The van der Waals surface area contributed by atoms with E-state index in [-0.39, 0.29) is 0 Å². The summed E-state index contributed by atoms with van der Waals surface area (Å²) in [7, 11) is 2.02. The molecular formula is C13H21BrN2O. The van der Waals surface area contributed by atoms with Crippen molar-refractivity contribution in [2.24, 2.45) is 0 Å². The number of nitrogens with zero attached hydrogens (tertiary/aromatic N) is 1. The van der Waals surface area contributed by atoms with Gasteiger partial charge in [0.15, 0.2) is 0 Å².